The lowest BCUT2D eigenvalue weighted by Gasteiger charge is -2.05. The first-order valence-electron chi connectivity index (χ1n) is 5.49. The second-order valence-corrected chi connectivity index (χ2v) is 4.87. The molecule has 0 saturated heterocycles. The zero-order chi connectivity index (χ0) is 12.5. The third-order valence-electron chi connectivity index (χ3n) is 2.80. The molecule has 4 heteroatoms. The lowest BCUT2D eigenvalue weighted by Crippen LogP contribution is -2.09. The number of fused-ring (bicyclic) bond motifs is 1. The first-order chi connectivity index (χ1) is 8.75. The van der Waals surface area contributed by atoms with E-state index in [1.807, 2.05) is 42.5 Å². The number of benzene rings is 2. The molecule has 3 nitrogen and oxygen atoms in total. The predicted molar refractivity (Wildman–Crippen MR) is 75.5 cm³/mol. The molecule has 0 aliphatic carbocycles. The highest BCUT2D eigenvalue weighted by molar-refractivity contribution is 9.10. The third-order valence-corrected chi connectivity index (χ3v) is 3.29. The summed E-state index contributed by atoms with van der Waals surface area (Å²) in [6.07, 6.45) is 0. The van der Waals surface area contributed by atoms with E-state index in [0.29, 0.717) is 5.39 Å². The van der Waals surface area contributed by atoms with Crippen molar-refractivity contribution in [3.63, 3.8) is 0 Å². The molecule has 0 fully saturated rings. The van der Waals surface area contributed by atoms with Crippen molar-refractivity contribution in [3.8, 4) is 11.3 Å². The van der Waals surface area contributed by atoms with Gasteiger partial charge in [0.1, 0.15) is 0 Å². The van der Waals surface area contributed by atoms with Gasteiger partial charge in [-0.1, -0.05) is 46.3 Å². The molecule has 1 N–H and O–H groups in total. The summed E-state index contributed by atoms with van der Waals surface area (Å²) in [6, 6.07) is 15.4. The number of nitrogens with zero attached hydrogens (tertiary/aromatic N) is 1. The van der Waals surface area contributed by atoms with Crippen molar-refractivity contribution in [2.75, 3.05) is 0 Å². The molecule has 2 aromatic carbocycles. The van der Waals surface area contributed by atoms with Gasteiger partial charge in [-0.25, -0.2) is 5.10 Å². The standard InChI is InChI=1S/C14H9BrN2O/c15-10-6-7-11-12(8-10)13(16-17-14(11)18)9-4-2-1-3-5-9/h1-8H,(H,17,18). The number of rotatable bonds is 1. The Morgan fingerprint density at radius 1 is 1.00 bits per heavy atom. The summed E-state index contributed by atoms with van der Waals surface area (Å²) in [5, 5.41) is 8.19. The SMILES string of the molecule is O=c1[nH]nc(-c2ccccc2)c2cc(Br)ccc12. The summed E-state index contributed by atoms with van der Waals surface area (Å²) in [7, 11) is 0. The van der Waals surface area contributed by atoms with Crippen LogP contribution in [-0.4, -0.2) is 10.2 Å². The Hall–Kier alpha value is -1.94. The summed E-state index contributed by atoms with van der Waals surface area (Å²) in [5.74, 6) is 0. The topological polar surface area (TPSA) is 45.8 Å². The number of H-pyrrole nitrogens is 1. The highest BCUT2D eigenvalue weighted by atomic mass is 79.9. The maximum atomic E-state index is 11.7. The van der Waals surface area contributed by atoms with E-state index in [-0.39, 0.29) is 5.56 Å². The fourth-order valence-corrected chi connectivity index (χ4v) is 2.31. The molecule has 1 heterocycles. The monoisotopic (exact) mass is 300 g/mol. The maximum Gasteiger partial charge on any atom is 0.272 e. The molecule has 0 aliphatic heterocycles. The lowest BCUT2D eigenvalue weighted by atomic mass is 10.1. The number of halogens is 1. The van der Waals surface area contributed by atoms with Crippen LogP contribution in [0, 0.1) is 0 Å². The Bertz CT molecular complexity index is 766. The van der Waals surface area contributed by atoms with Gasteiger partial charge in [0.25, 0.3) is 5.56 Å². The van der Waals surface area contributed by atoms with Crippen molar-refractivity contribution < 1.29 is 0 Å². The molecule has 0 unspecified atom stereocenters. The number of nitrogens with one attached hydrogen (secondary N) is 1. The highest BCUT2D eigenvalue weighted by Crippen LogP contribution is 2.26. The van der Waals surface area contributed by atoms with E-state index in [4.69, 9.17) is 0 Å². The van der Waals surface area contributed by atoms with E-state index >= 15 is 0 Å². The lowest BCUT2D eigenvalue weighted by molar-refractivity contribution is 1.02. The van der Waals surface area contributed by atoms with E-state index in [1.165, 1.54) is 0 Å². The summed E-state index contributed by atoms with van der Waals surface area (Å²) < 4.78 is 0.930. The van der Waals surface area contributed by atoms with Gasteiger partial charge in [-0.15, -0.1) is 0 Å². The molecule has 0 bridgehead atoms. The van der Waals surface area contributed by atoms with Crippen molar-refractivity contribution in [1.29, 1.82) is 0 Å². The van der Waals surface area contributed by atoms with Crippen LogP contribution in [0.4, 0.5) is 0 Å². The Kier molecular flexibility index (Phi) is 2.72. The maximum absolute atomic E-state index is 11.7. The molecule has 88 valence electrons. The van der Waals surface area contributed by atoms with Crippen LogP contribution >= 0.6 is 15.9 Å². The van der Waals surface area contributed by atoms with Gasteiger partial charge < -0.3 is 0 Å². The Balaban J connectivity index is 2.41. The van der Waals surface area contributed by atoms with E-state index < -0.39 is 0 Å². The van der Waals surface area contributed by atoms with Crippen molar-refractivity contribution in [2.45, 2.75) is 0 Å². The number of aromatic amines is 1. The smallest absolute Gasteiger partial charge is 0.267 e. The minimum atomic E-state index is -0.169. The predicted octanol–water partition coefficient (Wildman–Crippen LogP) is 3.35. The minimum Gasteiger partial charge on any atom is -0.267 e. The Morgan fingerprint density at radius 3 is 2.56 bits per heavy atom. The minimum absolute atomic E-state index is 0.169. The van der Waals surface area contributed by atoms with Crippen molar-refractivity contribution in [3.05, 3.63) is 63.4 Å². The van der Waals surface area contributed by atoms with Crippen molar-refractivity contribution >= 4 is 26.7 Å². The van der Waals surface area contributed by atoms with E-state index in [2.05, 4.69) is 26.1 Å². The van der Waals surface area contributed by atoms with Crippen LogP contribution in [0.25, 0.3) is 22.0 Å². The van der Waals surface area contributed by atoms with Crippen molar-refractivity contribution in [2.24, 2.45) is 0 Å². The van der Waals surface area contributed by atoms with Gasteiger partial charge in [0, 0.05) is 15.4 Å². The first kappa shape index (κ1) is 11.2. The van der Waals surface area contributed by atoms with Gasteiger partial charge >= 0.3 is 0 Å². The van der Waals surface area contributed by atoms with Crippen LogP contribution in [-0.2, 0) is 0 Å². The van der Waals surface area contributed by atoms with Gasteiger partial charge in [0.05, 0.1) is 11.1 Å². The van der Waals surface area contributed by atoms with Gasteiger partial charge in [-0.2, -0.15) is 5.10 Å². The molecular weight excluding hydrogens is 292 g/mol. The summed E-state index contributed by atoms with van der Waals surface area (Å²) in [5.41, 5.74) is 1.60. The molecule has 18 heavy (non-hydrogen) atoms. The van der Waals surface area contributed by atoms with Crippen LogP contribution < -0.4 is 5.56 Å². The van der Waals surface area contributed by atoms with Gasteiger partial charge in [-0.3, -0.25) is 4.79 Å². The Morgan fingerprint density at radius 2 is 1.78 bits per heavy atom. The van der Waals surface area contributed by atoms with Gasteiger partial charge in [0.2, 0.25) is 0 Å². The average molecular weight is 301 g/mol. The largest absolute Gasteiger partial charge is 0.272 e. The molecule has 3 aromatic rings. The van der Waals surface area contributed by atoms with Crippen LogP contribution in [0.3, 0.4) is 0 Å². The summed E-state index contributed by atoms with van der Waals surface area (Å²) >= 11 is 3.42. The molecule has 0 atom stereocenters. The van der Waals surface area contributed by atoms with Crippen LogP contribution in [0.2, 0.25) is 0 Å². The molecule has 0 amide bonds. The number of aromatic nitrogens is 2. The van der Waals surface area contributed by atoms with E-state index in [9.17, 15) is 4.79 Å². The van der Waals surface area contributed by atoms with E-state index in [0.717, 1.165) is 21.1 Å². The average Bonchev–Trinajstić information content (AvgIpc) is 2.40. The highest BCUT2D eigenvalue weighted by Gasteiger charge is 2.08. The molecule has 1 aromatic heterocycles. The zero-order valence-electron chi connectivity index (χ0n) is 9.35. The molecule has 0 radical (unpaired) electrons. The second-order valence-electron chi connectivity index (χ2n) is 3.96. The normalized spacial score (nSPS) is 10.7. The molecular formula is C14H9BrN2O. The van der Waals surface area contributed by atoms with E-state index in [1.54, 1.807) is 6.07 Å². The van der Waals surface area contributed by atoms with Crippen LogP contribution in [0.15, 0.2) is 57.8 Å². The third kappa shape index (κ3) is 1.84. The fraction of sp³-hybridized carbons (Fsp3) is 0. The fourth-order valence-electron chi connectivity index (χ4n) is 1.95. The van der Waals surface area contributed by atoms with Crippen LogP contribution in [0.5, 0.6) is 0 Å². The van der Waals surface area contributed by atoms with Gasteiger partial charge in [0.15, 0.2) is 0 Å². The van der Waals surface area contributed by atoms with Crippen LogP contribution in [0.1, 0.15) is 0 Å². The van der Waals surface area contributed by atoms with Gasteiger partial charge in [-0.05, 0) is 18.2 Å². The molecule has 0 saturated carbocycles. The quantitative estimate of drug-likeness (QED) is 0.749. The molecule has 3 rings (SSSR count). The summed E-state index contributed by atoms with van der Waals surface area (Å²) in [4.78, 5) is 11.7. The van der Waals surface area contributed by atoms with Crippen molar-refractivity contribution in [1.82, 2.24) is 10.2 Å². The Labute approximate surface area is 112 Å². The molecule has 0 spiro atoms. The summed E-state index contributed by atoms with van der Waals surface area (Å²) in [6.45, 7) is 0. The second kappa shape index (κ2) is 4.38. The molecule has 0 aliphatic rings. The number of hydrogen-bond donors (Lipinski definition) is 1. The zero-order valence-corrected chi connectivity index (χ0v) is 10.9. The number of hydrogen-bond acceptors (Lipinski definition) is 2. The first-order valence-corrected chi connectivity index (χ1v) is 6.28.